The van der Waals surface area contributed by atoms with Crippen molar-refractivity contribution in [2.75, 3.05) is 11.5 Å². The van der Waals surface area contributed by atoms with Crippen LogP contribution >= 0.6 is 11.6 Å². The predicted molar refractivity (Wildman–Crippen MR) is 185 cm³/mol. The average molecular weight is 645 g/mol. The normalized spacial score (nSPS) is 16.3. The molecule has 0 aromatic heterocycles. The summed E-state index contributed by atoms with van der Waals surface area (Å²) in [5.41, 5.74) is 4.01. The lowest BCUT2D eigenvalue weighted by molar-refractivity contribution is -0.169. The number of fused-ring (bicyclic) bond motifs is 1. The number of ether oxygens (including phenoxy) is 2. The first kappa shape index (κ1) is 32.2. The lowest BCUT2D eigenvalue weighted by Crippen LogP contribution is -2.60. The summed E-state index contributed by atoms with van der Waals surface area (Å²) in [7, 11) is 0. The third kappa shape index (κ3) is 6.58. The number of halogens is 1. The molecule has 47 heavy (non-hydrogen) atoms. The summed E-state index contributed by atoms with van der Waals surface area (Å²) in [5, 5.41) is 4.06. The minimum absolute atomic E-state index is 0.0819. The third-order valence-electron chi connectivity index (χ3n) is 8.64. The SMILES string of the molecule is CCOC(=O)[C@@H](NC(c1ccccc1)c1ccccc1)[C@]1(OCc2ccccc2C)C(=O)N(Cc2ccccc2)c2cc(Cl)ccc21. The number of carbonyl (C=O) groups is 2. The van der Waals surface area contributed by atoms with Gasteiger partial charge in [-0.15, -0.1) is 0 Å². The summed E-state index contributed by atoms with van der Waals surface area (Å²) in [5.74, 6) is -0.970. The Balaban J connectivity index is 1.55. The van der Waals surface area contributed by atoms with Crippen LogP contribution in [0.2, 0.25) is 5.02 Å². The van der Waals surface area contributed by atoms with Crippen LogP contribution in [0.4, 0.5) is 5.69 Å². The van der Waals surface area contributed by atoms with Crippen molar-refractivity contribution >= 4 is 29.2 Å². The highest BCUT2D eigenvalue weighted by molar-refractivity contribution is 6.31. The maximum absolute atomic E-state index is 15.2. The zero-order valence-electron chi connectivity index (χ0n) is 26.4. The van der Waals surface area contributed by atoms with Crippen molar-refractivity contribution < 1.29 is 19.1 Å². The largest absolute Gasteiger partial charge is 0.465 e. The van der Waals surface area contributed by atoms with E-state index in [1.807, 2.05) is 122 Å². The van der Waals surface area contributed by atoms with Crippen LogP contribution in [0, 0.1) is 6.92 Å². The molecule has 6 rings (SSSR count). The van der Waals surface area contributed by atoms with E-state index in [0.29, 0.717) is 16.3 Å². The van der Waals surface area contributed by atoms with Gasteiger partial charge in [-0.25, -0.2) is 0 Å². The van der Waals surface area contributed by atoms with E-state index in [4.69, 9.17) is 21.1 Å². The lowest BCUT2D eigenvalue weighted by Gasteiger charge is -2.38. The molecule has 1 heterocycles. The lowest BCUT2D eigenvalue weighted by atomic mass is 9.85. The van der Waals surface area contributed by atoms with Crippen LogP contribution in [-0.4, -0.2) is 24.5 Å². The number of benzene rings is 5. The van der Waals surface area contributed by atoms with Gasteiger partial charge in [0.05, 0.1) is 31.5 Å². The monoisotopic (exact) mass is 644 g/mol. The highest BCUT2D eigenvalue weighted by Crippen LogP contribution is 2.48. The van der Waals surface area contributed by atoms with E-state index in [2.05, 4.69) is 5.32 Å². The van der Waals surface area contributed by atoms with E-state index in [1.54, 1.807) is 30.0 Å². The summed E-state index contributed by atoms with van der Waals surface area (Å²) in [6.45, 7) is 4.23. The Morgan fingerprint density at radius 1 is 0.830 bits per heavy atom. The van der Waals surface area contributed by atoms with Crippen molar-refractivity contribution in [3.8, 4) is 0 Å². The number of aryl methyl sites for hydroxylation is 1. The Kier molecular flexibility index (Phi) is 9.83. The summed E-state index contributed by atoms with van der Waals surface area (Å²) < 4.78 is 12.7. The predicted octanol–water partition coefficient (Wildman–Crippen LogP) is 7.92. The summed E-state index contributed by atoms with van der Waals surface area (Å²) in [6.07, 6.45) is 0. The molecule has 0 unspecified atom stereocenters. The third-order valence-corrected chi connectivity index (χ3v) is 8.88. The summed E-state index contributed by atoms with van der Waals surface area (Å²) in [4.78, 5) is 31.2. The maximum Gasteiger partial charge on any atom is 0.327 e. The molecule has 7 heteroatoms. The van der Waals surface area contributed by atoms with Crippen molar-refractivity contribution in [3.63, 3.8) is 0 Å². The van der Waals surface area contributed by atoms with Crippen molar-refractivity contribution in [1.82, 2.24) is 5.32 Å². The van der Waals surface area contributed by atoms with Crippen LogP contribution < -0.4 is 10.2 Å². The number of hydrogen-bond acceptors (Lipinski definition) is 5. The molecule has 1 N–H and O–H groups in total. The van der Waals surface area contributed by atoms with Gasteiger partial charge in [-0.05, 0) is 53.8 Å². The maximum atomic E-state index is 15.2. The number of nitrogens with zero attached hydrogens (tertiary/aromatic N) is 1. The van der Waals surface area contributed by atoms with Gasteiger partial charge < -0.3 is 14.4 Å². The van der Waals surface area contributed by atoms with Gasteiger partial charge in [0.1, 0.15) is 6.04 Å². The number of anilines is 1. The second-order valence-corrected chi connectivity index (χ2v) is 12.0. The number of hydrogen-bond donors (Lipinski definition) is 1. The molecule has 238 valence electrons. The van der Waals surface area contributed by atoms with Gasteiger partial charge in [0.15, 0.2) is 5.60 Å². The van der Waals surface area contributed by atoms with Crippen LogP contribution in [0.5, 0.6) is 0 Å². The number of esters is 1. The van der Waals surface area contributed by atoms with Gasteiger partial charge >= 0.3 is 5.97 Å². The minimum atomic E-state index is -1.80. The molecule has 0 saturated heterocycles. The second kappa shape index (κ2) is 14.3. The molecular weight excluding hydrogens is 608 g/mol. The van der Waals surface area contributed by atoms with Gasteiger partial charge in [0.2, 0.25) is 0 Å². The molecule has 1 aliphatic rings. The topological polar surface area (TPSA) is 67.9 Å². The molecule has 0 aliphatic carbocycles. The van der Waals surface area contributed by atoms with Crippen LogP contribution in [0.1, 0.15) is 46.3 Å². The Labute approximate surface area is 280 Å². The Morgan fingerprint density at radius 3 is 2.04 bits per heavy atom. The van der Waals surface area contributed by atoms with Gasteiger partial charge in [-0.1, -0.05) is 133 Å². The first-order chi connectivity index (χ1) is 22.9. The average Bonchev–Trinajstić information content (AvgIpc) is 3.32. The molecule has 0 fully saturated rings. The van der Waals surface area contributed by atoms with E-state index in [-0.39, 0.29) is 25.7 Å². The van der Waals surface area contributed by atoms with E-state index < -0.39 is 23.7 Å². The number of rotatable bonds is 12. The zero-order chi connectivity index (χ0) is 32.8. The number of nitrogens with one attached hydrogen (secondary N) is 1. The van der Waals surface area contributed by atoms with E-state index in [9.17, 15) is 4.79 Å². The van der Waals surface area contributed by atoms with Gasteiger partial charge in [-0.2, -0.15) is 0 Å². The minimum Gasteiger partial charge on any atom is -0.465 e. The fourth-order valence-electron chi connectivity index (χ4n) is 6.28. The molecule has 6 nitrogen and oxygen atoms in total. The first-order valence-corrected chi connectivity index (χ1v) is 16.2. The molecule has 0 saturated carbocycles. The van der Waals surface area contributed by atoms with Crippen molar-refractivity contribution in [2.45, 2.75) is 44.7 Å². The molecule has 5 aromatic rings. The smallest absolute Gasteiger partial charge is 0.327 e. The zero-order valence-corrected chi connectivity index (χ0v) is 27.2. The molecule has 1 amide bonds. The fourth-order valence-corrected chi connectivity index (χ4v) is 6.44. The molecular formula is C40H37ClN2O4. The van der Waals surface area contributed by atoms with Crippen LogP contribution in [0.3, 0.4) is 0 Å². The molecule has 1 aliphatic heterocycles. The standard InChI is InChI=1S/C40H37ClN2O4/c1-3-46-38(44)37(42-36(30-18-9-5-10-19-30)31-20-11-6-12-21-31)40(47-27-32-22-14-13-15-28(32)2)34-24-23-33(41)25-35(34)43(39(40)45)26-29-16-7-4-8-17-29/h4-25,36-37,42H,3,26-27H2,1-2H3/t37-,40+/m1/s1. The van der Waals surface area contributed by atoms with E-state index in [0.717, 1.165) is 27.8 Å². The van der Waals surface area contributed by atoms with E-state index >= 15 is 4.79 Å². The van der Waals surface area contributed by atoms with Crippen LogP contribution in [0.15, 0.2) is 133 Å². The van der Waals surface area contributed by atoms with Crippen LogP contribution in [0.25, 0.3) is 0 Å². The van der Waals surface area contributed by atoms with E-state index in [1.165, 1.54) is 0 Å². The quantitative estimate of drug-likeness (QED) is 0.140. The molecule has 0 spiro atoms. The van der Waals surface area contributed by atoms with Gasteiger partial charge in [0.25, 0.3) is 5.91 Å². The van der Waals surface area contributed by atoms with Crippen LogP contribution in [-0.2, 0) is 37.8 Å². The Bertz CT molecular complexity index is 1790. The van der Waals surface area contributed by atoms with Crippen molar-refractivity contribution in [3.05, 3.63) is 172 Å². The summed E-state index contributed by atoms with van der Waals surface area (Å²) >= 11 is 6.58. The van der Waals surface area contributed by atoms with Crippen molar-refractivity contribution in [1.29, 1.82) is 0 Å². The first-order valence-electron chi connectivity index (χ1n) is 15.8. The Morgan fingerprint density at radius 2 is 1.43 bits per heavy atom. The van der Waals surface area contributed by atoms with Gasteiger partial charge in [0, 0.05) is 10.6 Å². The molecule has 0 bridgehead atoms. The number of amides is 1. The highest BCUT2D eigenvalue weighted by Gasteiger charge is 2.60. The van der Waals surface area contributed by atoms with Crippen molar-refractivity contribution in [2.24, 2.45) is 0 Å². The molecule has 0 radical (unpaired) electrons. The fraction of sp³-hybridized carbons (Fsp3) is 0.200. The van der Waals surface area contributed by atoms with Gasteiger partial charge in [-0.3, -0.25) is 14.9 Å². The molecule has 5 aromatic carbocycles. The second-order valence-electron chi connectivity index (χ2n) is 11.6. The Hall–Kier alpha value is -4.75. The summed E-state index contributed by atoms with van der Waals surface area (Å²) in [6, 6.07) is 40.9. The highest BCUT2D eigenvalue weighted by atomic mass is 35.5. The molecule has 2 atom stereocenters. The number of carbonyl (C=O) groups excluding carboxylic acids is 2.